The van der Waals surface area contributed by atoms with Gasteiger partial charge in [0.05, 0.1) is 6.42 Å². The van der Waals surface area contributed by atoms with Gasteiger partial charge in [0, 0.05) is 22.8 Å². The molecule has 328 valence electrons. The fourth-order valence-electron chi connectivity index (χ4n) is 7.74. The predicted molar refractivity (Wildman–Crippen MR) is 258 cm³/mol. The molecule has 1 atom stereocenters. The molecule has 6 nitrogen and oxygen atoms in total. The van der Waals surface area contributed by atoms with E-state index in [9.17, 15) is 4.79 Å². The number of hydrogen-bond acceptors (Lipinski definition) is 6. The average Bonchev–Trinajstić information content (AvgIpc) is 3.31. The summed E-state index contributed by atoms with van der Waals surface area (Å²) in [5, 5.41) is 0. The number of benzene rings is 6. The fraction of sp³-hybridized carbons (Fsp3) is 0.259. The Morgan fingerprint density at radius 3 is 1.56 bits per heavy atom. The molecular formula is C58H60O6. The summed E-state index contributed by atoms with van der Waals surface area (Å²) in [6.07, 6.45) is 9.15. The van der Waals surface area contributed by atoms with E-state index in [0.717, 1.165) is 57.4 Å². The number of ether oxygens (including phenoxy) is 5. The molecule has 0 spiro atoms. The van der Waals surface area contributed by atoms with Gasteiger partial charge in [-0.3, -0.25) is 4.79 Å². The molecule has 0 aromatic heterocycles. The van der Waals surface area contributed by atoms with E-state index in [4.69, 9.17) is 23.7 Å². The second kappa shape index (κ2) is 22.5. The Morgan fingerprint density at radius 1 is 0.547 bits per heavy atom. The van der Waals surface area contributed by atoms with Crippen LogP contribution in [0.5, 0.6) is 28.7 Å². The summed E-state index contributed by atoms with van der Waals surface area (Å²) < 4.78 is 33.8. The number of carbonyl (C=O) groups is 1. The topological polar surface area (TPSA) is 63.2 Å². The maximum atomic E-state index is 14.9. The van der Waals surface area contributed by atoms with Gasteiger partial charge >= 0.3 is 0 Å². The molecule has 6 heteroatoms. The van der Waals surface area contributed by atoms with Crippen molar-refractivity contribution in [2.45, 2.75) is 99.3 Å². The molecule has 0 N–H and O–H groups in total. The quantitative estimate of drug-likeness (QED) is 0.0713. The van der Waals surface area contributed by atoms with Crippen molar-refractivity contribution in [1.82, 2.24) is 0 Å². The van der Waals surface area contributed by atoms with Crippen molar-refractivity contribution in [1.29, 1.82) is 0 Å². The van der Waals surface area contributed by atoms with Gasteiger partial charge in [-0.2, -0.15) is 0 Å². The largest absolute Gasteiger partial charge is 0.488 e. The van der Waals surface area contributed by atoms with Crippen molar-refractivity contribution in [2.75, 3.05) is 0 Å². The third-order valence-corrected chi connectivity index (χ3v) is 11.2. The van der Waals surface area contributed by atoms with Gasteiger partial charge in [-0.15, -0.1) is 0 Å². The lowest BCUT2D eigenvalue weighted by molar-refractivity contribution is 0.0839. The van der Waals surface area contributed by atoms with Crippen molar-refractivity contribution in [3.05, 3.63) is 219 Å². The Hall–Kier alpha value is -6.79. The summed E-state index contributed by atoms with van der Waals surface area (Å²) in [4.78, 5) is 14.9. The molecule has 0 saturated carbocycles. The molecule has 0 fully saturated rings. The molecule has 0 bridgehead atoms. The second-order valence-corrected chi connectivity index (χ2v) is 16.9. The SMILES string of the molecule is CC(C)=CCCC(C)=CCc1c([C@@H]2CC(=O)c3c(cc(OCc4ccccc4)c(CC=C(C)C)c3OCc3ccccc3)O2)ccc(OCc2ccccc2)c1OCc1ccccc1. The van der Waals surface area contributed by atoms with Crippen molar-refractivity contribution in [2.24, 2.45) is 0 Å². The summed E-state index contributed by atoms with van der Waals surface area (Å²) in [6.45, 7) is 11.9. The van der Waals surface area contributed by atoms with Crippen LogP contribution in [0.15, 0.2) is 174 Å². The summed E-state index contributed by atoms with van der Waals surface area (Å²) in [6, 6.07) is 46.3. The van der Waals surface area contributed by atoms with Crippen LogP contribution in [-0.2, 0) is 39.3 Å². The molecule has 0 unspecified atom stereocenters. The number of allylic oxidation sites excluding steroid dienone is 6. The first-order valence-electron chi connectivity index (χ1n) is 22.4. The van der Waals surface area contributed by atoms with E-state index in [-0.39, 0.29) is 18.8 Å². The molecule has 1 aliphatic heterocycles. The highest BCUT2D eigenvalue weighted by Crippen LogP contribution is 2.48. The van der Waals surface area contributed by atoms with Crippen LogP contribution in [0.2, 0.25) is 0 Å². The molecule has 0 amide bonds. The van der Waals surface area contributed by atoms with E-state index in [2.05, 4.69) is 77.1 Å². The summed E-state index contributed by atoms with van der Waals surface area (Å²) in [5.74, 6) is 2.76. The minimum Gasteiger partial charge on any atom is -0.488 e. The Kier molecular flexibility index (Phi) is 15.9. The summed E-state index contributed by atoms with van der Waals surface area (Å²) >= 11 is 0. The lowest BCUT2D eigenvalue weighted by atomic mass is 9.89. The van der Waals surface area contributed by atoms with Crippen LogP contribution < -0.4 is 23.7 Å². The normalized spacial score (nSPS) is 13.3. The minimum atomic E-state index is -0.621. The lowest BCUT2D eigenvalue weighted by Gasteiger charge is -2.31. The van der Waals surface area contributed by atoms with Crippen LogP contribution in [0.1, 0.15) is 109 Å². The van der Waals surface area contributed by atoms with E-state index in [1.807, 2.05) is 115 Å². The Balaban J connectivity index is 1.33. The average molecular weight is 853 g/mol. The number of ketones is 1. The number of fused-ring (bicyclic) bond motifs is 1. The van der Waals surface area contributed by atoms with Crippen LogP contribution in [-0.4, -0.2) is 5.78 Å². The van der Waals surface area contributed by atoms with Crippen molar-refractivity contribution in [3.63, 3.8) is 0 Å². The first kappa shape index (κ1) is 45.2. The Labute approximate surface area is 379 Å². The Morgan fingerprint density at radius 2 is 1.03 bits per heavy atom. The first-order valence-corrected chi connectivity index (χ1v) is 22.4. The van der Waals surface area contributed by atoms with Crippen molar-refractivity contribution >= 4 is 5.78 Å². The molecule has 6 aromatic rings. The molecule has 7 rings (SSSR count). The smallest absolute Gasteiger partial charge is 0.174 e. The number of carbonyl (C=O) groups excluding carboxylic acids is 1. The van der Waals surface area contributed by atoms with Crippen LogP contribution in [0, 0.1) is 0 Å². The highest BCUT2D eigenvalue weighted by Gasteiger charge is 2.36. The summed E-state index contributed by atoms with van der Waals surface area (Å²) in [5.41, 5.74) is 10.9. The van der Waals surface area contributed by atoms with Gasteiger partial charge in [0.15, 0.2) is 17.3 Å². The molecule has 0 aliphatic carbocycles. The lowest BCUT2D eigenvalue weighted by Crippen LogP contribution is -2.23. The van der Waals surface area contributed by atoms with Crippen LogP contribution >= 0.6 is 0 Å². The van der Waals surface area contributed by atoms with Gasteiger partial charge in [-0.25, -0.2) is 0 Å². The van der Waals surface area contributed by atoms with E-state index in [0.29, 0.717) is 67.0 Å². The Bertz CT molecular complexity index is 2550. The fourth-order valence-corrected chi connectivity index (χ4v) is 7.74. The van der Waals surface area contributed by atoms with Crippen LogP contribution in [0.3, 0.4) is 0 Å². The number of hydrogen-bond donors (Lipinski definition) is 0. The molecule has 64 heavy (non-hydrogen) atoms. The highest BCUT2D eigenvalue weighted by atomic mass is 16.5. The third-order valence-electron chi connectivity index (χ3n) is 11.2. The summed E-state index contributed by atoms with van der Waals surface area (Å²) in [7, 11) is 0. The molecule has 1 aliphatic rings. The van der Waals surface area contributed by atoms with Crippen molar-refractivity contribution < 1.29 is 28.5 Å². The minimum absolute atomic E-state index is 0.0575. The van der Waals surface area contributed by atoms with Gasteiger partial charge in [0.2, 0.25) is 0 Å². The standard InChI is InChI=1S/C58H60O6/c1-41(2)19-18-20-43(5)30-32-49-48(33-34-52(60-37-44-21-10-6-11-22-44)57(49)62-39-46-25-14-8-15-26-46)54-35-51(59)56-55(64-54)36-53(61-38-45-23-12-7-13-24-45)50(31-29-42(3)4)58(56)63-40-47-27-16-9-17-28-47/h6-17,19,21-30,33-34,36,54H,18,20,31-32,35,37-40H2,1-5H3/t54-/m0/s1. The van der Waals surface area contributed by atoms with E-state index in [1.54, 1.807) is 0 Å². The van der Waals surface area contributed by atoms with Crippen LogP contribution in [0.4, 0.5) is 0 Å². The van der Waals surface area contributed by atoms with Gasteiger partial charge in [-0.1, -0.05) is 162 Å². The molecular weight excluding hydrogens is 793 g/mol. The molecule has 6 aromatic carbocycles. The first-order chi connectivity index (χ1) is 31.2. The van der Waals surface area contributed by atoms with Gasteiger partial charge in [-0.05, 0) is 88.6 Å². The van der Waals surface area contributed by atoms with Gasteiger partial charge < -0.3 is 23.7 Å². The predicted octanol–water partition coefficient (Wildman–Crippen LogP) is 14.5. The van der Waals surface area contributed by atoms with Gasteiger partial charge in [0.1, 0.15) is 55.3 Å². The van der Waals surface area contributed by atoms with E-state index < -0.39 is 6.10 Å². The maximum absolute atomic E-state index is 14.9. The zero-order chi connectivity index (χ0) is 44.7. The van der Waals surface area contributed by atoms with Crippen molar-refractivity contribution in [3.8, 4) is 28.7 Å². The molecule has 0 radical (unpaired) electrons. The van der Waals surface area contributed by atoms with Gasteiger partial charge in [0.25, 0.3) is 0 Å². The molecule has 1 heterocycles. The number of rotatable bonds is 20. The van der Waals surface area contributed by atoms with E-state index in [1.165, 1.54) is 11.1 Å². The zero-order valence-corrected chi connectivity index (χ0v) is 37.9. The highest BCUT2D eigenvalue weighted by molar-refractivity contribution is 6.03. The maximum Gasteiger partial charge on any atom is 0.174 e. The number of Topliss-reactive ketones (excluding diaryl/α,β-unsaturated/α-hetero) is 1. The zero-order valence-electron chi connectivity index (χ0n) is 37.9. The van der Waals surface area contributed by atoms with Crippen LogP contribution in [0.25, 0.3) is 0 Å². The molecule has 0 saturated heterocycles. The monoisotopic (exact) mass is 852 g/mol. The van der Waals surface area contributed by atoms with E-state index >= 15 is 0 Å². The second-order valence-electron chi connectivity index (χ2n) is 16.9. The third kappa shape index (κ3) is 12.4.